The molecule has 0 radical (unpaired) electrons. The third-order valence-electron chi connectivity index (χ3n) is 4.10. The summed E-state index contributed by atoms with van der Waals surface area (Å²) in [4.78, 5) is 32.6. The summed E-state index contributed by atoms with van der Waals surface area (Å²) < 4.78 is 5.18. The Labute approximate surface area is 139 Å². The number of aryl methyl sites for hydroxylation is 1. The van der Waals surface area contributed by atoms with E-state index in [0.29, 0.717) is 25.3 Å². The molecule has 1 aliphatic rings. The van der Waals surface area contributed by atoms with Gasteiger partial charge in [-0.25, -0.2) is 4.79 Å². The third kappa shape index (κ3) is 3.30. The molecule has 0 bridgehead atoms. The van der Waals surface area contributed by atoms with Gasteiger partial charge in [0.1, 0.15) is 11.4 Å². The van der Waals surface area contributed by atoms with E-state index in [0.717, 1.165) is 11.3 Å². The monoisotopic (exact) mass is 328 g/mol. The number of methoxy groups -OCH3 is 1. The maximum absolute atomic E-state index is 12.9. The van der Waals surface area contributed by atoms with E-state index < -0.39 is 5.69 Å². The number of carbonyl (C=O) groups is 1. The summed E-state index contributed by atoms with van der Waals surface area (Å²) in [5.74, 6) is 0.541. The topological polar surface area (TPSA) is 87.3 Å². The molecule has 3 rings (SSSR count). The lowest BCUT2D eigenvalue weighted by Crippen LogP contribution is -2.49. The van der Waals surface area contributed by atoms with Gasteiger partial charge in [0, 0.05) is 25.3 Å². The number of H-pyrrole nitrogens is 1. The molecule has 0 aliphatic carbocycles. The van der Waals surface area contributed by atoms with Gasteiger partial charge in [-0.2, -0.15) is 4.98 Å². The lowest BCUT2D eigenvalue weighted by atomic mass is 10.0. The van der Waals surface area contributed by atoms with E-state index in [-0.39, 0.29) is 17.6 Å². The molecule has 2 aromatic rings. The van der Waals surface area contributed by atoms with E-state index in [4.69, 9.17) is 4.74 Å². The largest absolute Gasteiger partial charge is 0.497 e. The van der Waals surface area contributed by atoms with Crippen LogP contribution in [-0.4, -0.2) is 47.5 Å². The van der Waals surface area contributed by atoms with Crippen molar-refractivity contribution in [3.05, 3.63) is 57.8 Å². The van der Waals surface area contributed by atoms with Crippen molar-refractivity contribution in [1.29, 1.82) is 0 Å². The van der Waals surface area contributed by atoms with Gasteiger partial charge in [0.15, 0.2) is 0 Å². The highest BCUT2D eigenvalue weighted by Crippen LogP contribution is 2.25. The van der Waals surface area contributed by atoms with E-state index >= 15 is 0 Å². The number of rotatable bonds is 3. The molecule has 1 aromatic carbocycles. The lowest BCUT2D eigenvalue weighted by molar-refractivity contribution is 0.0627. The Morgan fingerprint density at radius 2 is 2.08 bits per heavy atom. The van der Waals surface area contributed by atoms with Gasteiger partial charge >= 0.3 is 5.69 Å². The molecule has 2 N–H and O–H groups in total. The predicted octanol–water partition coefficient (Wildman–Crippen LogP) is 0.874. The minimum absolute atomic E-state index is 0.112. The quantitative estimate of drug-likeness (QED) is 0.873. The molecular weight excluding hydrogens is 308 g/mol. The Hall–Kier alpha value is -2.67. The van der Waals surface area contributed by atoms with Crippen LogP contribution in [0.3, 0.4) is 0 Å². The fraction of sp³-hybridized carbons (Fsp3) is 0.353. The highest BCUT2D eigenvalue weighted by atomic mass is 16.5. The van der Waals surface area contributed by atoms with Crippen LogP contribution in [0, 0.1) is 6.92 Å². The number of hydrogen-bond acceptors (Lipinski definition) is 5. The first-order chi connectivity index (χ1) is 11.6. The molecule has 0 unspecified atom stereocenters. The highest BCUT2D eigenvalue weighted by Gasteiger charge is 2.29. The molecular formula is C17H20N4O3. The molecule has 1 atom stereocenters. The van der Waals surface area contributed by atoms with Crippen LogP contribution in [0.1, 0.15) is 27.8 Å². The molecule has 1 amide bonds. The molecule has 7 heteroatoms. The molecule has 7 nitrogen and oxygen atoms in total. The zero-order chi connectivity index (χ0) is 17.1. The first kappa shape index (κ1) is 16.2. The van der Waals surface area contributed by atoms with Crippen molar-refractivity contribution in [1.82, 2.24) is 20.2 Å². The zero-order valence-electron chi connectivity index (χ0n) is 13.7. The summed E-state index contributed by atoms with van der Waals surface area (Å²) in [5, 5.41) is 3.31. The van der Waals surface area contributed by atoms with Gasteiger partial charge in [-0.05, 0) is 30.7 Å². The number of aromatic amines is 1. The van der Waals surface area contributed by atoms with Gasteiger partial charge in [0.25, 0.3) is 5.91 Å². The smallest absolute Gasteiger partial charge is 0.345 e. The van der Waals surface area contributed by atoms with Crippen molar-refractivity contribution in [2.75, 3.05) is 26.7 Å². The normalized spacial score (nSPS) is 17.6. The fourth-order valence-electron chi connectivity index (χ4n) is 2.91. The Balaban J connectivity index is 1.90. The number of benzene rings is 1. The first-order valence-corrected chi connectivity index (χ1v) is 7.82. The van der Waals surface area contributed by atoms with E-state index in [1.54, 1.807) is 25.0 Å². The molecule has 24 heavy (non-hydrogen) atoms. The average molecular weight is 328 g/mol. The maximum Gasteiger partial charge on any atom is 0.345 e. The van der Waals surface area contributed by atoms with E-state index in [1.807, 2.05) is 24.3 Å². The molecule has 0 saturated carbocycles. The van der Waals surface area contributed by atoms with E-state index in [2.05, 4.69) is 15.3 Å². The number of ether oxygens (including phenoxy) is 1. The minimum Gasteiger partial charge on any atom is -0.497 e. The molecule has 1 aromatic heterocycles. The SMILES string of the molecule is COc1ccc([C@@H]2CNCCN2C(=O)c2cc(C)[nH]c(=O)n2)cc1. The van der Waals surface area contributed by atoms with E-state index in [1.165, 1.54) is 0 Å². The summed E-state index contributed by atoms with van der Waals surface area (Å²) in [7, 11) is 1.62. The second-order valence-corrected chi connectivity index (χ2v) is 5.75. The summed E-state index contributed by atoms with van der Waals surface area (Å²) in [6.45, 7) is 3.66. The van der Waals surface area contributed by atoms with Crippen LogP contribution >= 0.6 is 0 Å². The molecule has 0 spiro atoms. The van der Waals surface area contributed by atoms with E-state index in [9.17, 15) is 9.59 Å². The summed E-state index contributed by atoms with van der Waals surface area (Å²) in [5.41, 5.74) is 1.30. The average Bonchev–Trinajstić information content (AvgIpc) is 2.60. The highest BCUT2D eigenvalue weighted by molar-refractivity contribution is 5.92. The number of carbonyl (C=O) groups excluding carboxylic acids is 1. The van der Waals surface area contributed by atoms with Crippen LogP contribution in [0.15, 0.2) is 35.1 Å². The van der Waals surface area contributed by atoms with Crippen LogP contribution in [0.2, 0.25) is 0 Å². The Morgan fingerprint density at radius 1 is 1.33 bits per heavy atom. The summed E-state index contributed by atoms with van der Waals surface area (Å²) in [6.07, 6.45) is 0. The van der Waals surface area contributed by atoms with Crippen LogP contribution in [0.5, 0.6) is 5.75 Å². The Bertz CT molecular complexity index is 785. The van der Waals surface area contributed by atoms with Crippen LogP contribution < -0.4 is 15.7 Å². The van der Waals surface area contributed by atoms with Crippen molar-refractivity contribution >= 4 is 5.91 Å². The summed E-state index contributed by atoms with van der Waals surface area (Å²) in [6, 6.07) is 9.15. The van der Waals surface area contributed by atoms with Gasteiger partial charge in [0.05, 0.1) is 13.2 Å². The van der Waals surface area contributed by atoms with Crippen molar-refractivity contribution in [3.63, 3.8) is 0 Å². The molecule has 1 aliphatic heterocycles. The number of amides is 1. The molecule has 1 fully saturated rings. The van der Waals surface area contributed by atoms with Gasteiger partial charge in [-0.15, -0.1) is 0 Å². The third-order valence-corrected chi connectivity index (χ3v) is 4.10. The van der Waals surface area contributed by atoms with Crippen molar-refractivity contribution < 1.29 is 9.53 Å². The maximum atomic E-state index is 12.9. The van der Waals surface area contributed by atoms with Gasteiger partial charge in [-0.1, -0.05) is 12.1 Å². The van der Waals surface area contributed by atoms with Crippen molar-refractivity contribution in [2.45, 2.75) is 13.0 Å². The second kappa shape index (κ2) is 6.84. The number of nitrogens with zero attached hydrogens (tertiary/aromatic N) is 2. The Morgan fingerprint density at radius 3 is 2.75 bits per heavy atom. The number of aromatic nitrogens is 2. The minimum atomic E-state index is -0.505. The number of hydrogen-bond donors (Lipinski definition) is 2. The second-order valence-electron chi connectivity index (χ2n) is 5.75. The van der Waals surface area contributed by atoms with Crippen LogP contribution in [0.25, 0.3) is 0 Å². The van der Waals surface area contributed by atoms with Crippen LogP contribution in [-0.2, 0) is 0 Å². The van der Waals surface area contributed by atoms with Gasteiger partial charge in [0.2, 0.25) is 0 Å². The number of nitrogens with one attached hydrogen (secondary N) is 2. The zero-order valence-corrected chi connectivity index (χ0v) is 13.7. The van der Waals surface area contributed by atoms with Crippen LogP contribution in [0.4, 0.5) is 0 Å². The predicted molar refractivity (Wildman–Crippen MR) is 89.2 cm³/mol. The Kier molecular flexibility index (Phi) is 4.61. The standard InChI is InChI=1S/C17H20N4O3/c1-11-9-14(20-17(23)19-11)16(22)21-8-7-18-10-15(21)12-3-5-13(24-2)6-4-12/h3-6,9,15,18H,7-8,10H2,1-2H3,(H,19,20,23)/t15-/m0/s1. The molecule has 126 valence electrons. The number of piperazine rings is 1. The first-order valence-electron chi connectivity index (χ1n) is 7.82. The molecule has 2 heterocycles. The fourth-order valence-corrected chi connectivity index (χ4v) is 2.91. The van der Waals surface area contributed by atoms with Gasteiger partial charge < -0.3 is 19.9 Å². The molecule has 1 saturated heterocycles. The summed E-state index contributed by atoms with van der Waals surface area (Å²) >= 11 is 0. The van der Waals surface area contributed by atoms with Gasteiger partial charge in [-0.3, -0.25) is 4.79 Å². The lowest BCUT2D eigenvalue weighted by Gasteiger charge is -2.36. The van der Waals surface area contributed by atoms with Crippen molar-refractivity contribution in [2.24, 2.45) is 0 Å². The van der Waals surface area contributed by atoms with Crippen molar-refractivity contribution in [3.8, 4) is 5.75 Å².